The van der Waals surface area contributed by atoms with Gasteiger partial charge >= 0.3 is 0 Å². The highest BCUT2D eigenvalue weighted by molar-refractivity contribution is 5.88. The standard InChI is InChI=1S/C19H24N4O2/c1-2-3-4-18(24)22-10-15-12-23(13-16(15)11-22)19(25)14-5-7-21-8-6-20-17(21)9-14/h3-4,6,8,14H,2,5,7,9-13H2,1H3/b4-3+. The molecule has 1 atom stereocenters. The molecule has 6 nitrogen and oxygen atoms in total. The highest BCUT2D eigenvalue weighted by atomic mass is 16.2. The lowest BCUT2D eigenvalue weighted by molar-refractivity contribution is -0.135. The van der Waals surface area contributed by atoms with Crippen LogP contribution in [0.2, 0.25) is 0 Å². The van der Waals surface area contributed by atoms with E-state index in [0.29, 0.717) is 26.2 Å². The van der Waals surface area contributed by atoms with Crippen molar-refractivity contribution in [2.75, 3.05) is 26.2 Å². The van der Waals surface area contributed by atoms with Crippen molar-refractivity contribution in [2.24, 2.45) is 5.92 Å². The molecule has 0 bridgehead atoms. The average molecular weight is 340 g/mol. The van der Waals surface area contributed by atoms with Crippen LogP contribution < -0.4 is 0 Å². The van der Waals surface area contributed by atoms with Gasteiger partial charge in [-0.1, -0.05) is 13.0 Å². The number of aromatic nitrogens is 2. The second kappa shape index (κ2) is 6.50. The van der Waals surface area contributed by atoms with E-state index in [4.69, 9.17) is 0 Å². The summed E-state index contributed by atoms with van der Waals surface area (Å²) in [6.07, 6.45) is 9.85. The molecule has 0 radical (unpaired) electrons. The molecule has 6 heteroatoms. The third kappa shape index (κ3) is 3.01. The molecule has 1 unspecified atom stereocenters. The van der Waals surface area contributed by atoms with Crippen LogP contribution in [0.15, 0.2) is 35.7 Å². The van der Waals surface area contributed by atoms with Crippen LogP contribution in [0.5, 0.6) is 0 Å². The van der Waals surface area contributed by atoms with E-state index in [9.17, 15) is 9.59 Å². The number of imidazole rings is 1. The SMILES string of the molecule is CC/C=C/C(=O)N1CC2=C(C1)CN(C(=O)C1CCn3ccnc3C1)C2. The third-order valence-electron chi connectivity index (χ3n) is 5.44. The lowest BCUT2D eigenvalue weighted by atomic mass is 9.96. The fourth-order valence-corrected chi connectivity index (χ4v) is 4.04. The summed E-state index contributed by atoms with van der Waals surface area (Å²) in [5, 5.41) is 0. The molecule has 4 heterocycles. The van der Waals surface area contributed by atoms with E-state index < -0.39 is 0 Å². The maximum atomic E-state index is 12.9. The van der Waals surface area contributed by atoms with Crippen molar-refractivity contribution >= 4 is 11.8 Å². The number of nitrogens with zero attached hydrogens (tertiary/aromatic N) is 4. The van der Waals surface area contributed by atoms with Crippen LogP contribution in [0.1, 0.15) is 25.6 Å². The minimum Gasteiger partial charge on any atom is -0.335 e. The molecule has 0 aliphatic carbocycles. The molecule has 1 aromatic heterocycles. The Morgan fingerprint density at radius 3 is 2.64 bits per heavy atom. The quantitative estimate of drug-likeness (QED) is 0.617. The second-order valence-electron chi connectivity index (χ2n) is 7.13. The molecule has 0 aromatic carbocycles. The molecule has 25 heavy (non-hydrogen) atoms. The second-order valence-corrected chi connectivity index (χ2v) is 7.13. The molecular formula is C19H24N4O2. The summed E-state index contributed by atoms with van der Waals surface area (Å²) in [5.41, 5.74) is 2.51. The number of aryl methyl sites for hydroxylation is 1. The molecule has 4 rings (SSSR count). The van der Waals surface area contributed by atoms with Crippen molar-refractivity contribution < 1.29 is 9.59 Å². The Kier molecular flexibility index (Phi) is 4.19. The molecule has 0 fully saturated rings. The Morgan fingerprint density at radius 2 is 1.92 bits per heavy atom. The van der Waals surface area contributed by atoms with Gasteiger partial charge in [0.15, 0.2) is 0 Å². The van der Waals surface area contributed by atoms with Crippen molar-refractivity contribution in [3.63, 3.8) is 0 Å². The topological polar surface area (TPSA) is 58.4 Å². The van der Waals surface area contributed by atoms with Crippen molar-refractivity contribution in [2.45, 2.75) is 32.7 Å². The predicted molar refractivity (Wildman–Crippen MR) is 93.7 cm³/mol. The van der Waals surface area contributed by atoms with Gasteiger partial charge < -0.3 is 14.4 Å². The van der Waals surface area contributed by atoms with E-state index in [0.717, 1.165) is 31.6 Å². The summed E-state index contributed by atoms with van der Waals surface area (Å²) >= 11 is 0. The first-order valence-electron chi connectivity index (χ1n) is 9.09. The van der Waals surface area contributed by atoms with Gasteiger partial charge in [-0.05, 0) is 30.1 Å². The van der Waals surface area contributed by atoms with E-state index in [1.807, 2.05) is 35.2 Å². The van der Waals surface area contributed by atoms with Gasteiger partial charge in [-0.15, -0.1) is 0 Å². The molecule has 0 saturated heterocycles. The number of allylic oxidation sites excluding steroid dienone is 1. The van der Waals surface area contributed by atoms with Gasteiger partial charge in [0.05, 0.1) is 0 Å². The molecule has 3 aliphatic heterocycles. The Labute approximate surface area is 147 Å². The molecule has 0 N–H and O–H groups in total. The van der Waals surface area contributed by atoms with Crippen LogP contribution in [-0.2, 0) is 22.6 Å². The molecule has 1 aromatic rings. The van der Waals surface area contributed by atoms with Gasteiger partial charge in [0.2, 0.25) is 11.8 Å². The minimum atomic E-state index is 0.0418. The van der Waals surface area contributed by atoms with Crippen molar-refractivity contribution in [3.05, 3.63) is 41.5 Å². The maximum Gasteiger partial charge on any atom is 0.246 e. The minimum absolute atomic E-state index is 0.0418. The van der Waals surface area contributed by atoms with Crippen molar-refractivity contribution in [1.29, 1.82) is 0 Å². The zero-order valence-electron chi connectivity index (χ0n) is 14.6. The summed E-state index contributed by atoms with van der Waals surface area (Å²) in [4.78, 5) is 33.2. The molecule has 3 aliphatic rings. The Balaban J connectivity index is 1.34. The summed E-state index contributed by atoms with van der Waals surface area (Å²) in [6.45, 7) is 5.59. The highest BCUT2D eigenvalue weighted by Crippen LogP contribution is 2.29. The summed E-state index contributed by atoms with van der Waals surface area (Å²) in [7, 11) is 0. The lowest BCUT2D eigenvalue weighted by Gasteiger charge is -2.28. The van der Waals surface area contributed by atoms with Gasteiger partial charge in [0, 0.05) is 57.5 Å². The number of rotatable bonds is 3. The fourth-order valence-electron chi connectivity index (χ4n) is 4.04. The maximum absolute atomic E-state index is 12.9. The van der Waals surface area contributed by atoms with Crippen LogP contribution >= 0.6 is 0 Å². The molecule has 2 amide bonds. The highest BCUT2D eigenvalue weighted by Gasteiger charge is 2.36. The first-order valence-corrected chi connectivity index (χ1v) is 9.09. The first kappa shape index (κ1) is 16.1. The molecule has 132 valence electrons. The normalized spacial score (nSPS) is 22.7. The number of hydrogen-bond donors (Lipinski definition) is 0. The Bertz CT molecular complexity index is 743. The Morgan fingerprint density at radius 1 is 1.20 bits per heavy atom. The third-order valence-corrected chi connectivity index (χ3v) is 5.44. The molecule has 0 spiro atoms. The van der Waals surface area contributed by atoms with Crippen molar-refractivity contribution in [3.8, 4) is 0 Å². The number of hydrogen-bond acceptors (Lipinski definition) is 3. The average Bonchev–Trinajstić information content (AvgIpc) is 3.31. The molecular weight excluding hydrogens is 316 g/mol. The van der Waals surface area contributed by atoms with Crippen LogP contribution in [0.3, 0.4) is 0 Å². The Hall–Kier alpha value is -2.37. The fraction of sp³-hybridized carbons (Fsp3) is 0.526. The zero-order chi connectivity index (χ0) is 17.4. The van der Waals surface area contributed by atoms with E-state index in [1.54, 1.807) is 6.08 Å². The predicted octanol–water partition coefficient (Wildman–Crippen LogP) is 1.39. The number of amides is 2. The van der Waals surface area contributed by atoms with Gasteiger partial charge in [0.1, 0.15) is 5.82 Å². The van der Waals surface area contributed by atoms with Gasteiger partial charge in [-0.3, -0.25) is 9.59 Å². The zero-order valence-corrected chi connectivity index (χ0v) is 14.6. The van der Waals surface area contributed by atoms with E-state index in [1.165, 1.54) is 11.1 Å². The number of fused-ring (bicyclic) bond motifs is 1. The summed E-state index contributed by atoms with van der Waals surface area (Å²) in [5.74, 6) is 1.38. The van der Waals surface area contributed by atoms with Crippen LogP contribution in [0.4, 0.5) is 0 Å². The summed E-state index contributed by atoms with van der Waals surface area (Å²) in [6, 6.07) is 0. The van der Waals surface area contributed by atoms with Crippen LogP contribution in [-0.4, -0.2) is 57.3 Å². The van der Waals surface area contributed by atoms with Gasteiger partial charge in [0.25, 0.3) is 0 Å². The van der Waals surface area contributed by atoms with E-state index in [-0.39, 0.29) is 17.7 Å². The van der Waals surface area contributed by atoms with Gasteiger partial charge in [-0.25, -0.2) is 4.98 Å². The first-order chi connectivity index (χ1) is 12.2. The van der Waals surface area contributed by atoms with E-state index in [2.05, 4.69) is 9.55 Å². The number of carbonyl (C=O) groups is 2. The van der Waals surface area contributed by atoms with Crippen molar-refractivity contribution in [1.82, 2.24) is 19.4 Å². The molecule has 0 saturated carbocycles. The van der Waals surface area contributed by atoms with E-state index >= 15 is 0 Å². The van der Waals surface area contributed by atoms with Crippen LogP contribution in [0.25, 0.3) is 0 Å². The smallest absolute Gasteiger partial charge is 0.246 e. The van der Waals surface area contributed by atoms with Crippen LogP contribution in [0, 0.1) is 5.92 Å². The van der Waals surface area contributed by atoms with Gasteiger partial charge in [-0.2, -0.15) is 0 Å². The largest absolute Gasteiger partial charge is 0.335 e. The number of carbonyl (C=O) groups excluding carboxylic acids is 2. The summed E-state index contributed by atoms with van der Waals surface area (Å²) < 4.78 is 2.14. The monoisotopic (exact) mass is 340 g/mol. The lowest BCUT2D eigenvalue weighted by Crippen LogP contribution is -2.40.